The highest BCUT2D eigenvalue weighted by molar-refractivity contribution is 5.98. The van der Waals surface area contributed by atoms with E-state index in [4.69, 9.17) is 19.9 Å². The van der Waals surface area contributed by atoms with Gasteiger partial charge in [-0.2, -0.15) is 0 Å². The smallest absolute Gasteiger partial charge is 0.344 e. The lowest BCUT2D eigenvalue weighted by Crippen LogP contribution is -2.21. The number of rotatable bonds is 6. The van der Waals surface area contributed by atoms with Crippen LogP contribution in [-0.2, 0) is 9.47 Å². The number of nitrogens with two attached hydrogens (primary N) is 1. The summed E-state index contributed by atoms with van der Waals surface area (Å²) >= 11 is 0. The van der Waals surface area contributed by atoms with Gasteiger partial charge in [-0.25, -0.2) is 4.79 Å². The van der Waals surface area contributed by atoms with Crippen LogP contribution in [0.4, 0.5) is 5.69 Å². The molecule has 0 amide bonds. The lowest BCUT2D eigenvalue weighted by atomic mass is 10.1. The Kier molecular flexibility index (Phi) is 5.45. The average molecular weight is 253 g/mol. The van der Waals surface area contributed by atoms with Crippen LogP contribution < -0.4 is 10.5 Å². The van der Waals surface area contributed by atoms with Gasteiger partial charge in [0.05, 0.1) is 13.2 Å². The van der Waals surface area contributed by atoms with Crippen molar-refractivity contribution in [3.63, 3.8) is 0 Å². The van der Waals surface area contributed by atoms with Gasteiger partial charge in [-0.15, -0.1) is 0 Å². The molecule has 1 unspecified atom stereocenters. The van der Waals surface area contributed by atoms with Crippen molar-refractivity contribution in [2.45, 2.75) is 20.0 Å². The number of carbonyl (C=O) groups excluding carboxylic acids is 1. The van der Waals surface area contributed by atoms with Crippen LogP contribution in [0.1, 0.15) is 24.2 Å². The van der Waals surface area contributed by atoms with E-state index in [1.165, 1.54) is 0 Å². The number of methoxy groups -OCH3 is 1. The minimum Gasteiger partial charge on any atom is -0.493 e. The zero-order valence-corrected chi connectivity index (χ0v) is 10.9. The van der Waals surface area contributed by atoms with E-state index in [0.29, 0.717) is 24.7 Å². The fraction of sp³-hybridized carbons (Fsp3) is 0.462. The van der Waals surface area contributed by atoms with Crippen molar-refractivity contribution in [2.75, 3.05) is 26.1 Å². The summed E-state index contributed by atoms with van der Waals surface area (Å²) < 4.78 is 15.5. The van der Waals surface area contributed by atoms with E-state index >= 15 is 0 Å². The average Bonchev–Trinajstić information content (AvgIpc) is 2.29. The predicted octanol–water partition coefficient (Wildman–Crippen LogP) is 1.86. The Morgan fingerprint density at radius 2 is 2.17 bits per heavy atom. The zero-order chi connectivity index (χ0) is 13.5. The van der Waals surface area contributed by atoms with Gasteiger partial charge in [0.1, 0.15) is 17.4 Å². The monoisotopic (exact) mass is 253 g/mol. The van der Waals surface area contributed by atoms with Crippen molar-refractivity contribution in [3.05, 3.63) is 23.8 Å². The van der Waals surface area contributed by atoms with E-state index in [9.17, 15) is 4.79 Å². The fourth-order valence-electron chi connectivity index (χ4n) is 1.55. The molecule has 0 aliphatic carbocycles. The van der Waals surface area contributed by atoms with Crippen LogP contribution in [0.15, 0.2) is 18.2 Å². The normalized spacial score (nSPS) is 11.9. The van der Waals surface area contributed by atoms with E-state index in [0.717, 1.165) is 0 Å². The van der Waals surface area contributed by atoms with Gasteiger partial charge in [0, 0.05) is 12.8 Å². The molecule has 5 heteroatoms. The first-order valence-electron chi connectivity index (χ1n) is 5.81. The summed E-state index contributed by atoms with van der Waals surface area (Å²) in [4.78, 5) is 12.0. The Morgan fingerprint density at radius 1 is 1.44 bits per heavy atom. The maximum atomic E-state index is 12.0. The summed E-state index contributed by atoms with van der Waals surface area (Å²) in [7, 11) is 1.55. The minimum atomic E-state index is -0.499. The molecule has 1 aromatic rings. The molecule has 0 saturated carbocycles. The molecule has 0 radical (unpaired) electrons. The van der Waals surface area contributed by atoms with Gasteiger partial charge in [0.2, 0.25) is 0 Å². The number of nitrogen functional groups attached to an aromatic ring is 1. The molecule has 5 nitrogen and oxygen atoms in total. The maximum Gasteiger partial charge on any atom is 0.344 e. The van der Waals surface area contributed by atoms with E-state index in [2.05, 4.69) is 0 Å². The molecule has 0 aliphatic heterocycles. The standard InChI is InChI=1S/C13H19NO4/c1-4-17-11-7-5-6-10(14)12(11)13(15)18-9(2)8-16-3/h5-7,9H,4,8,14H2,1-3H3. The van der Waals surface area contributed by atoms with Crippen LogP contribution in [0.3, 0.4) is 0 Å². The first kappa shape index (κ1) is 14.3. The Balaban J connectivity index is 2.90. The van der Waals surface area contributed by atoms with Crippen molar-refractivity contribution >= 4 is 11.7 Å². The van der Waals surface area contributed by atoms with E-state index in [-0.39, 0.29) is 11.7 Å². The Labute approximate surface area is 107 Å². The van der Waals surface area contributed by atoms with Crippen LogP contribution in [0.25, 0.3) is 0 Å². The van der Waals surface area contributed by atoms with Crippen molar-refractivity contribution in [1.82, 2.24) is 0 Å². The third kappa shape index (κ3) is 3.63. The lowest BCUT2D eigenvalue weighted by Gasteiger charge is -2.15. The summed E-state index contributed by atoms with van der Waals surface area (Å²) in [6.45, 7) is 4.38. The number of esters is 1. The molecule has 0 heterocycles. The van der Waals surface area contributed by atoms with Gasteiger partial charge >= 0.3 is 5.97 Å². The highest BCUT2D eigenvalue weighted by Crippen LogP contribution is 2.25. The van der Waals surface area contributed by atoms with Crippen LogP contribution in [0.2, 0.25) is 0 Å². The van der Waals surface area contributed by atoms with Gasteiger partial charge < -0.3 is 19.9 Å². The molecule has 2 N–H and O–H groups in total. The first-order chi connectivity index (χ1) is 8.60. The lowest BCUT2D eigenvalue weighted by molar-refractivity contribution is 0.0118. The molecular formula is C13H19NO4. The largest absolute Gasteiger partial charge is 0.493 e. The molecule has 18 heavy (non-hydrogen) atoms. The molecule has 100 valence electrons. The zero-order valence-electron chi connectivity index (χ0n) is 10.9. The van der Waals surface area contributed by atoms with Crippen LogP contribution >= 0.6 is 0 Å². The van der Waals surface area contributed by atoms with Gasteiger partial charge in [-0.3, -0.25) is 0 Å². The van der Waals surface area contributed by atoms with Crippen molar-refractivity contribution in [3.8, 4) is 5.75 Å². The first-order valence-corrected chi connectivity index (χ1v) is 5.81. The summed E-state index contributed by atoms with van der Waals surface area (Å²) in [6.07, 6.45) is -0.336. The van der Waals surface area contributed by atoms with Crippen molar-refractivity contribution in [2.24, 2.45) is 0 Å². The number of benzene rings is 1. The van der Waals surface area contributed by atoms with Crippen LogP contribution in [0, 0.1) is 0 Å². The number of anilines is 1. The molecule has 1 aromatic carbocycles. The summed E-state index contributed by atoms with van der Waals surface area (Å²) in [5.41, 5.74) is 6.40. The second-order valence-corrected chi connectivity index (χ2v) is 3.82. The number of ether oxygens (including phenoxy) is 3. The highest BCUT2D eigenvalue weighted by atomic mass is 16.6. The Morgan fingerprint density at radius 3 is 2.78 bits per heavy atom. The molecular weight excluding hydrogens is 234 g/mol. The second-order valence-electron chi connectivity index (χ2n) is 3.82. The summed E-state index contributed by atoms with van der Waals surface area (Å²) in [5, 5.41) is 0. The van der Waals surface area contributed by atoms with Crippen molar-refractivity contribution < 1.29 is 19.0 Å². The van der Waals surface area contributed by atoms with Gasteiger partial charge in [-0.05, 0) is 26.0 Å². The van der Waals surface area contributed by atoms with Crippen LogP contribution in [0.5, 0.6) is 5.75 Å². The summed E-state index contributed by atoms with van der Waals surface area (Å²) in [5.74, 6) is -0.0618. The van der Waals surface area contributed by atoms with E-state index in [1.54, 1.807) is 32.2 Å². The van der Waals surface area contributed by atoms with Crippen molar-refractivity contribution in [1.29, 1.82) is 0 Å². The third-order valence-electron chi connectivity index (χ3n) is 2.27. The minimum absolute atomic E-state index is 0.266. The molecule has 0 spiro atoms. The molecule has 1 atom stereocenters. The predicted molar refractivity (Wildman–Crippen MR) is 68.8 cm³/mol. The van der Waals surface area contributed by atoms with Crippen LogP contribution in [-0.4, -0.2) is 32.4 Å². The van der Waals surface area contributed by atoms with Gasteiger partial charge in [0.15, 0.2) is 0 Å². The number of hydrogen-bond donors (Lipinski definition) is 1. The highest BCUT2D eigenvalue weighted by Gasteiger charge is 2.19. The molecule has 1 rings (SSSR count). The number of hydrogen-bond acceptors (Lipinski definition) is 5. The van der Waals surface area contributed by atoms with Gasteiger partial charge in [-0.1, -0.05) is 6.07 Å². The molecule has 0 fully saturated rings. The Hall–Kier alpha value is -1.75. The Bertz CT molecular complexity index is 406. The molecule has 0 saturated heterocycles. The second kappa shape index (κ2) is 6.86. The number of carbonyl (C=O) groups is 1. The third-order valence-corrected chi connectivity index (χ3v) is 2.27. The topological polar surface area (TPSA) is 70.8 Å². The van der Waals surface area contributed by atoms with E-state index in [1.807, 2.05) is 6.92 Å². The summed E-state index contributed by atoms with van der Waals surface area (Å²) in [6, 6.07) is 5.06. The quantitative estimate of drug-likeness (QED) is 0.619. The van der Waals surface area contributed by atoms with Gasteiger partial charge in [0.25, 0.3) is 0 Å². The maximum absolute atomic E-state index is 12.0. The molecule has 0 bridgehead atoms. The SMILES string of the molecule is CCOc1cccc(N)c1C(=O)OC(C)COC. The fourth-order valence-corrected chi connectivity index (χ4v) is 1.55. The molecule has 0 aliphatic rings. The van der Waals surface area contributed by atoms with E-state index < -0.39 is 5.97 Å². The molecule has 0 aromatic heterocycles.